The molecule has 2 heterocycles. The summed E-state index contributed by atoms with van der Waals surface area (Å²) < 4.78 is 24.2. The highest BCUT2D eigenvalue weighted by Gasteiger charge is 2.84. The van der Waals surface area contributed by atoms with Gasteiger partial charge in [-0.1, -0.05) is 48.5 Å². The standard InChI is InChI=1S/C36H58N2O7/c1-20(2)27(45-30(37)40)22-18-21(3)26-28(43-22)29(39)34(7)24-9-8-23-32(4,5)25(44-31(41)38-14-16-42-17-15-38)10-11-35(23)19-36(24,35)13-12-33(26,34)6/h20-29,39H,8-19H2,1-7H3,(H2,37,40)/t21-,22?,23+,24?,25?,26+,27-,28?,29+,33-,34-,35-,36+/m1/s1. The number of nitrogens with zero attached hydrogens (tertiary/aromatic N) is 1. The monoisotopic (exact) mass is 630 g/mol. The lowest BCUT2D eigenvalue weighted by atomic mass is 9.41. The largest absolute Gasteiger partial charge is 0.446 e. The molecule has 13 atom stereocenters. The lowest BCUT2D eigenvalue weighted by Crippen LogP contribution is -2.60. The number of nitrogens with two attached hydrogens (primary N) is 1. The molecule has 7 rings (SSSR count). The van der Waals surface area contributed by atoms with Crippen molar-refractivity contribution in [3.63, 3.8) is 0 Å². The molecule has 2 aliphatic heterocycles. The Morgan fingerprint density at radius 2 is 1.64 bits per heavy atom. The van der Waals surface area contributed by atoms with Crippen LogP contribution >= 0.6 is 0 Å². The van der Waals surface area contributed by atoms with E-state index < -0.39 is 18.3 Å². The minimum Gasteiger partial charge on any atom is -0.446 e. The number of aliphatic hydroxyl groups excluding tert-OH is 1. The summed E-state index contributed by atoms with van der Waals surface area (Å²) in [6, 6.07) is 0. The van der Waals surface area contributed by atoms with Gasteiger partial charge in [0.1, 0.15) is 12.2 Å². The Morgan fingerprint density at radius 1 is 0.978 bits per heavy atom. The fourth-order valence-electron chi connectivity index (χ4n) is 13.5. The van der Waals surface area contributed by atoms with Gasteiger partial charge >= 0.3 is 12.2 Å². The van der Waals surface area contributed by atoms with E-state index in [1.807, 2.05) is 13.8 Å². The molecule has 9 nitrogen and oxygen atoms in total. The first-order valence-corrected chi connectivity index (χ1v) is 18.0. The van der Waals surface area contributed by atoms with Gasteiger partial charge in [-0.05, 0) is 97.2 Å². The van der Waals surface area contributed by atoms with E-state index in [1.54, 1.807) is 4.90 Å². The highest BCUT2D eigenvalue weighted by Crippen LogP contribution is 2.89. The topological polar surface area (TPSA) is 121 Å². The minimum absolute atomic E-state index is 0.0354. The molecule has 4 unspecified atom stereocenters. The van der Waals surface area contributed by atoms with Gasteiger partial charge in [0.15, 0.2) is 0 Å². The second kappa shape index (κ2) is 10.5. The van der Waals surface area contributed by atoms with E-state index in [2.05, 4.69) is 34.6 Å². The van der Waals surface area contributed by atoms with Crippen molar-refractivity contribution < 1.29 is 33.6 Å². The molecule has 0 aromatic heterocycles. The quantitative estimate of drug-likeness (QED) is 0.405. The van der Waals surface area contributed by atoms with Crippen LogP contribution in [0.5, 0.6) is 0 Å². The molecule has 3 N–H and O–H groups in total. The molecular weight excluding hydrogens is 572 g/mol. The van der Waals surface area contributed by atoms with Crippen LogP contribution in [0.3, 0.4) is 0 Å². The number of morpholine rings is 1. The number of fused-ring (bicyclic) bond motifs is 4. The zero-order chi connectivity index (χ0) is 32.3. The maximum Gasteiger partial charge on any atom is 0.410 e. The molecule has 9 heteroatoms. The molecule has 254 valence electrons. The van der Waals surface area contributed by atoms with Crippen molar-refractivity contribution in [1.82, 2.24) is 4.90 Å². The molecule has 0 radical (unpaired) electrons. The van der Waals surface area contributed by atoms with E-state index in [1.165, 1.54) is 12.8 Å². The normalized spacial score (nSPS) is 50.3. The van der Waals surface area contributed by atoms with Crippen molar-refractivity contribution in [3.8, 4) is 0 Å². The van der Waals surface area contributed by atoms with Crippen molar-refractivity contribution >= 4 is 12.2 Å². The van der Waals surface area contributed by atoms with Crippen LogP contribution in [0.4, 0.5) is 9.59 Å². The Hall–Kier alpha value is -1.58. The molecule has 5 aliphatic carbocycles. The van der Waals surface area contributed by atoms with Gasteiger partial charge in [-0.25, -0.2) is 9.59 Å². The molecule has 7 aliphatic rings. The van der Waals surface area contributed by atoms with Crippen LogP contribution in [0, 0.1) is 56.7 Å². The summed E-state index contributed by atoms with van der Waals surface area (Å²) in [6.45, 7) is 18.3. The van der Waals surface area contributed by atoms with Crippen molar-refractivity contribution in [2.75, 3.05) is 26.3 Å². The van der Waals surface area contributed by atoms with Crippen molar-refractivity contribution in [3.05, 3.63) is 0 Å². The van der Waals surface area contributed by atoms with Crippen LogP contribution in [-0.4, -0.2) is 79.0 Å². The smallest absolute Gasteiger partial charge is 0.410 e. The van der Waals surface area contributed by atoms with Crippen LogP contribution in [0.15, 0.2) is 0 Å². The molecule has 0 bridgehead atoms. The number of primary amides is 1. The van der Waals surface area contributed by atoms with Crippen LogP contribution in [0.1, 0.15) is 99.8 Å². The molecule has 7 fully saturated rings. The van der Waals surface area contributed by atoms with Crippen LogP contribution in [-0.2, 0) is 18.9 Å². The lowest BCUT2D eigenvalue weighted by molar-refractivity contribution is -0.185. The molecule has 0 aromatic carbocycles. The number of rotatable bonds is 4. The summed E-state index contributed by atoms with van der Waals surface area (Å²) in [7, 11) is 0. The SMILES string of the molecule is CC(C)[C@@H](OC(N)=O)C1C[C@@H](C)[C@H]2C(O1)[C@H](O)[C@@]1(C)C3CC[C@H]4C(C)(C)C(OC(=O)N5CCOCC5)CC[C@@]45C[C@@]35CC[C@]21C. The van der Waals surface area contributed by atoms with Crippen LogP contribution in [0.25, 0.3) is 0 Å². The molecule has 0 aromatic rings. The zero-order valence-corrected chi connectivity index (χ0v) is 28.7. The average molecular weight is 631 g/mol. The van der Waals surface area contributed by atoms with Gasteiger partial charge in [0.2, 0.25) is 0 Å². The number of aliphatic hydroxyl groups is 1. The summed E-state index contributed by atoms with van der Waals surface area (Å²) in [6.07, 6.45) is 5.99. The van der Waals surface area contributed by atoms with E-state index >= 15 is 0 Å². The van der Waals surface area contributed by atoms with Gasteiger partial charge < -0.3 is 34.7 Å². The Kier molecular flexibility index (Phi) is 7.43. The molecule has 45 heavy (non-hydrogen) atoms. The molecule has 5 saturated carbocycles. The fraction of sp³-hybridized carbons (Fsp3) is 0.944. The molecule has 2 amide bonds. The Bertz CT molecular complexity index is 1200. The summed E-state index contributed by atoms with van der Waals surface area (Å²) in [5.74, 6) is 1.59. The highest BCUT2D eigenvalue weighted by atomic mass is 16.6. The summed E-state index contributed by atoms with van der Waals surface area (Å²) >= 11 is 0. The predicted octanol–water partition coefficient (Wildman–Crippen LogP) is 5.76. The third kappa shape index (κ3) is 4.20. The van der Waals surface area contributed by atoms with E-state index in [0.29, 0.717) is 44.1 Å². The van der Waals surface area contributed by atoms with Gasteiger partial charge in [0, 0.05) is 23.9 Å². The Morgan fingerprint density at radius 3 is 2.31 bits per heavy atom. The lowest BCUT2D eigenvalue weighted by Gasteiger charge is -2.63. The minimum atomic E-state index is -0.766. The number of hydrogen-bond donors (Lipinski definition) is 2. The number of carbonyl (C=O) groups excluding carboxylic acids is 2. The second-order valence-electron chi connectivity index (χ2n) is 17.7. The maximum atomic E-state index is 13.2. The molecule has 2 spiro atoms. The zero-order valence-electron chi connectivity index (χ0n) is 28.7. The average Bonchev–Trinajstić information content (AvgIpc) is 3.62. The maximum absolute atomic E-state index is 13.2. The van der Waals surface area contributed by atoms with E-state index in [4.69, 9.17) is 24.7 Å². The predicted molar refractivity (Wildman–Crippen MR) is 168 cm³/mol. The number of amides is 2. The van der Waals surface area contributed by atoms with Gasteiger partial charge in [-0.15, -0.1) is 0 Å². The fourth-order valence-corrected chi connectivity index (χ4v) is 13.5. The summed E-state index contributed by atoms with van der Waals surface area (Å²) in [4.78, 5) is 26.8. The highest BCUT2D eigenvalue weighted by molar-refractivity contribution is 5.68. The number of hydrogen-bond acceptors (Lipinski definition) is 7. The first-order valence-electron chi connectivity index (χ1n) is 18.0. The summed E-state index contributed by atoms with van der Waals surface area (Å²) in [5, 5.41) is 12.5. The van der Waals surface area contributed by atoms with E-state index in [9.17, 15) is 14.7 Å². The first-order chi connectivity index (χ1) is 21.1. The van der Waals surface area contributed by atoms with Gasteiger partial charge in [-0.3, -0.25) is 0 Å². The van der Waals surface area contributed by atoms with Gasteiger partial charge in [0.25, 0.3) is 0 Å². The molecular formula is C36H58N2O7. The van der Waals surface area contributed by atoms with Crippen molar-refractivity contribution in [1.29, 1.82) is 0 Å². The molecule has 2 saturated heterocycles. The Balaban J connectivity index is 1.14. The van der Waals surface area contributed by atoms with Crippen molar-refractivity contribution in [2.24, 2.45) is 62.4 Å². The van der Waals surface area contributed by atoms with Gasteiger partial charge in [0.05, 0.1) is 31.5 Å². The first kappa shape index (κ1) is 32.0. The second-order valence-corrected chi connectivity index (χ2v) is 17.7. The van der Waals surface area contributed by atoms with E-state index in [-0.39, 0.29) is 63.3 Å². The third-order valence-electron chi connectivity index (χ3n) is 15.6. The van der Waals surface area contributed by atoms with Crippen LogP contribution < -0.4 is 5.73 Å². The van der Waals surface area contributed by atoms with Crippen LogP contribution in [0.2, 0.25) is 0 Å². The number of ether oxygens (including phenoxy) is 4. The van der Waals surface area contributed by atoms with E-state index in [0.717, 1.165) is 38.5 Å². The Labute approximate surface area is 269 Å². The van der Waals surface area contributed by atoms with Gasteiger partial charge in [-0.2, -0.15) is 0 Å². The summed E-state index contributed by atoms with van der Waals surface area (Å²) in [5.41, 5.74) is 5.56. The van der Waals surface area contributed by atoms with Crippen molar-refractivity contribution in [2.45, 2.75) is 130 Å². The number of carbonyl (C=O) groups is 2. The third-order valence-corrected chi connectivity index (χ3v) is 15.6.